The number of nitrogens with one attached hydrogen (secondary N) is 1. The summed E-state index contributed by atoms with van der Waals surface area (Å²) in [7, 11) is 0. The first kappa shape index (κ1) is 21.1. The van der Waals surface area contributed by atoms with E-state index in [0.29, 0.717) is 13.1 Å². The molecule has 2 aliphatic rings. The number of ether oxygens (including phenoxy) is 1. The van der Waals surface area contributed by atoms with E-state index in [1.54, 1.807) is 17.5 Å². The number of H-pyrrole nitrogens is 1. The average molecular weight is 471 g/mol. The molecule has 172 valence electrons. The highest BCUT2D eigenvalue weighted by Gasteiger charge is 2.26. The zero-order valence-electron chi connectivity index (χ0n) is 18.9. The monoisotopic (exact) mass is 470 g/mol. The predicted octanol–water partition coefficient (Wildman–Crippen LogP) is 5.06. The summed E-state index contributed by atoms with van der Waals surface area (Å²) in [5.74, 6) is 0.109. The van der Waals surface area contributed by atoms with Crippen molar-refractivity contribution in [1.82, 2.24) is 14.9 Å². The number of aromatic nitrogens is 2. The lowest BCUT2D eigenvalue weighted by atomic mass is 9.99. The van der Waals surface area contributed by atoms with Gasteiger partial charge in [0.25, 0.3) is 5.91 Å². The first-order valence-electron chi connectivity index (χ1n) is 11.7. The van der Waals surface area contributed by atoms with Crippen LogP contribution in [0.1, 0.15) is 21.7 Å². The van der Waals surface area contributed by atoms with Crippen molar-refractivity contribution in [3.63, 3.8) is 0 Å². The van der Waals surface area contributed by atoms with Crippen LogP contribution in [0.5, 0.6) is 0 Å². The van der Waals surface area contributed by atoms with Gasteiger partial charge in [0.15, 0.2) is 0 Å². The van der Waals surface area contributed by atoms with Gasteiger partial charge in [-0.15, -0.1) is 11.3 Å². The molecular formula is C27H26N4O2S. The lowest BCUT2D eigenvalue weighted by Crippen LogP contribution is -2.36. The van der Waals surface area contributed by atoms with Crippen molar-refractivity contribution in [3.8, 4) is 11.1 Å². The summed E-state index contributed by atoms with van der Waals surface area (Å²) < 4.78 is 5.56. The van der Waals surface area contributed by atoms with Gasteiger partial charge in [-0.2, -0.15) is 0 Å². The third-order valence-corrected chi connectivity index (χ3v) is 7.78. The molecule has 3 aromatic heterocycles. The summed E-state index contributed by atoms with van der Waals surface area (Å²) in [6, 6.07) is 16.5. The van der Waals surface area contributed by atoms with Crippen molar-refractivity contribution in [1.29, 1.82) is 0 Å². The van der Waals surface area contributed by atoms with Crippen LogP contribution < -0.4 is 4.90 Å². The van der Waals surface area contributed by atoms with Crippen LogP contribution in [0.15, 0.2) is 67.0 Å². The first-order valence-corrected chi connectivity index (χ1v) is 12.5. The predicted molar refractivity (Wildman–Crippen MR) is 137 cm³/mol. The molecule has 0 aliphatic carbocycles. The number of carbonyl (C=O) groups excluding carboxylic acids is 1. The Hall–Kier alpha value is -3.42. The van der Waals surface area contributed by atoms with Gasteiger partial charge in [-0.05, 0) is 35.8 Å². The summed E-state index contributed by atoms with van der Waals surface area (Å²) in [4.78, 5) is 26.3. The van der Waals surface area contributed by atoms with Crippen LogP contribution in [0.3, 0.4) is 0 Å². The maximum absolute atomic E-state index is 13.5. The number of rotatable bonds is 4. The van der Waals surface area contributed by atoms with Crippen molar-refractivity contribution in [2.45, 2.75) is 6.42 Å². The van der Waals surface area contributed by atoms with Crippen LogP contribution in [0.2, 0.25) is 0 Å². The molecule has 1 fully saturated rings. The standard InChI is InChI=1S/C27H26N4O2S/c32-26(30-11-8-20(9-12-30)23-18-29-25-21(23)7-4-10-28-25)24-17-22(19-5-2-1-3-6-19)27(34-24)31-13-15-33-16-14-31/h1-8,10,17-18H,9,11-16H2,(H,28,29). The Morgan fingerprint density at radius 2 is 1.88 bits per heavy atom. The topological polar surface area (TPSA) is 61.5 Å². The van der Waals surface area contributed by atoms with Gasteiger partial charge in [0.2, 0.25) is 0 Å². The average Bonchev–Trinajstić information content (AvgIpc) is 3.55. The van der Waals surface area contributed by atoms with Crippen LogP contribution in [0, 0.1) is 0 Å². The molecule has 1 amide bonds. The normalized spacial score (nSPS) is 16.6. The Bertz CT molecular complexity index is 1350. The number of morpholine rings is 1. The molecule has 1 N–H and O–H groups in total. The van der Waals surface area contributed by atoms with E-state index in [9.17, 15) is 4.79 Å². The van der Waals surface area contributed by atoms with Crippen molar-refractivity contribution in [2.24, 2.45) is 0 Å². The van der Waals surface area contributed by atoms with Crippen molar-refractivity contribution >= 4 is 38.9 Å². The van der Waals surface area contributed by atoms with Gasteiger partial charge < -0.3 is 19.5 Å². The number of amides is 1. The molecule has 1 saturated heterocycles. The SMILES string of the molecule is O=C(c1cc(-c2ccccc2)c(N2CCOCC2)s1)N1CC=C(c2c[nH]c3ncccc23)CC1. The van der Waals surface area contributed by atoms with Crippen LogP contribution >= 0.6 is 11.3 Å². The van der Waals surface area contributed by atoms with Gasteiger partial charge in [0.05, 0.1) is 23.1 Å². The Morgan fingerprint density at radius 3 is 2.68 bits per heavy atom. The van der Waals surface area contributed by atoms with E-state index >= 15 is 0 Å². The number of benzene rings is 1. The maximum atomic E-state index is 13.5. The summed E-state index contributed by atoms with van der Waals surface area (Å²) in [6.07, 6.45) is 6.85. The number of hydrogen-bond donors (Lipinski definition) is 1. The van der Waals surface area contributed by atoms with E-state index < -0.39 is 0 Å². The largest absolute Gasteiger partial charge is 0.378 e. The van der Waals surface area contributed by atoms with E-state index in [0.717, 1.165) is 64.8 Å². The lowest BCUT2D eigenvalue weighted by molar-refractivity contribution is 0.0777. The zero-order valence-corrected chi connectivity index (χ0v) is 19.7. The van der Waals surface area contributed by atoms with E-state index in [4.69, 9.17) is 4.74 Å². The molecule has 2 aliphatic heterocycles. The quantitative estimate of drug-likeness (QED) is 0.453. The van der Waals surface area contributed by atoms with Gasteiger partial charge in [0.1, 0.15) is 5.65 Å². The molecule has 0 unspecified atom stereocenters. The van der Waals surface area contributed by atoms with E-state index in [1.807, 2.05) is 23.2 Å². The number of carbonyl (C=O) groups is 1. The molecule has 0 bridgehead atoms. The van der Waals surface area contributed by atoms with Crippen molar-refractivity contribution < 1.29 is 9.53 Å². The van der Waals surface area contributed by atoms with Gasteiger partial charge >= 0.3 is 0 Å². The molecule has 5 heterocycles. The Balaban J connectivity index is 1.26. The molecule has 6 rings (SSSR count). The highest BCUT2D eigenvalue weighted by Crippen LogP contribution is 2.40. The molecule has 1 aromatic carbocycles. The highest BCUT2D eigenvalue weighted by atomic mass is 32.1. The minimum Gasteiger partial charge on any atom is -0.378 e. The Labute approximate surface area is 202 Å². The maximum Gasteiger partial charge on any atom is 0.264 e. The van der Waals surface area contributed by atoms with E-state index in [1.165, 1.54) is 11.1 Å². The van der Waals surface area contributed by atoms with Gasteiger partial charge in [-0.1, -0.05) is 36.4 Å². The smallest absolute Gasteiger partial charge is 0.264 e. The molecule has 0 saturated carbocycles. The van der Waals surface area contributed by atoms with Crippen LogP contribution in [-0.4, -0.2) is 60.2 Å². The Kier molecular flexibility index (Phi) is 5.65. The molecular weight excluding hydrogens is 444 g/mol. The molecule has 0 atom stereocenters. The fourth-order valence-corrected chi connectivity index (χ4v) is 5.99. The minimum atomic E-state index is 0.109. The summed E-state index contributed by atoms with van der Waals surface area (Å²) in [6.45, 7) is 4.47. The fraction of sp³-hybridized carbons (Fsp3) is 0.259. The van der Waals surface area contributed by atoms with Crippen molar-refractivity contribution in [3.05, 3.63) is 77.4 Å². The number of fused-ring (bicyclic) bond motifs is 1. The number of pyridine rings is 1. The number of hydrogen-bond acceptors (Lipinski definition) is 5. The molecule has 6 nitrogen and oxygen atoms in total. The summed E-state index contributed by atoms with van der Waals surface area (Å²) in [5, 5.41) is 2.30. The summed E-state index contributed by atoms with van der Waals surface area (Å²) >= 11 is 1.61. The third kappa shape index (κ3) is 3.91. The fourth-order valence-electron chi connectivity index (χ4n) is 4.79. The Morgan fingerprint density at radius 1 is 1.03 bits per heavy atom. The van der Waals surface area contributed by atoms with Crippen LogP contribution in [0.4, 0.5) is 5.00 Å². The molecule has 7 heteroatoms. The molecule has 4 aromatic rings. The van der Waals surface area contributed by atoms with Gasteiger partial charge in [-0.25, -0.2) is 4.98 Å². The van der Waals surface area contributed by atoms with E-state index in [2.05, 4.69) is 57.3 Å². The molecule has 0 spiro atoms. The van der Waals surface area contributed by atoms with Crippen LogP contribution in [0.25, 0.3) is 27.7 Å². The highest BCUT2D eigenvalue weighted by molar-refractivity contribution is 7.18. The second-order valence-corrected chi connectivity index (χ2v) is 9.66. The first-order chi connectivity index (χ1) is 16.8. The number of anilines is 1. The van der Waals surface area contributed by atoms with Gasteiger partial charge in [-0.3, -0.25) is 4.79 Å². The third-order valence-electron chi connectivity index (χ3n) is 6.60. The van der Waals surface area contributed by atoms with Crippen molar-refractivity contribution in [2.75, 3.05) is 44.3 Å². The zero-order chi connectivity index (χ0) is 22.9. The molecule has 0 radical (unpaired) electrons. The lowest BCUT2D eigenvalue weighted by Gasteiger charge is -2.28. The van der Waals surface area contributed by atoms with E-state index in [-0.39, 0.29) is 5.91 Å². The molecule has 34 heavy (non-hydrogen) atoms. The number of aromatic amines is 1. The van der Waals surface area contributed by atoms with Gasteiger partial charge in [0, 0.05) is 55.1 Å². The second-order valence-electron chi connectivity index (χ2n) is 8.63. The number of thiophene rings is 1. The second kappa shape index (κ2) is 9.08. The number of nitrogens with zero attached hydrogens (tertiary/aromatic N) is 3. The van der Waals surface area contributed by atoms with Crippen LogP contribution in [-0.2, 0) is 4.74 Å². The summed E-state index contributed by atoms with van der Waals surface area (Å²) in [5.41, 5.74) is 5.64. The minimum absolute atomic E-state index is 0.109.